The lowest BCUT2D eigenvalue weighted by molar-refractivity contribution is 0.199. The summed E-state index contributed by atoms with van der Waals surface area (Å²) in [4.78, 5) is 2.07. The van der Waals surface area contributed by atoms with Gasteiger partial charge in [-0.2, -0.15) is 5.26 Å². The second-order valence-corrected chi connectivity index (χ2v) is 5.34. The van der Waals surface area contributed by atoms with E-state index in [9.17, 15) is 5.11 Å². The molecule has 1 N–H and O–H groups in total. The van der Waals surface area contributed by atoms with Gasteiger partial charge in [-0.1, -0.05) is 30.3 Å². The maximum atomic E-state index is 9.93. The summed E-state index contributed by atoms with van der Waals surface area (Å²) in [6.45, 7) is 4.57. The molecule has 0 aliphatic rings. The molecule has 0 fully saturated rings. The van der Waals surface area contributed by atoms with Crippen molar-refractivity contribution in [2.24, 2.45) is 0 Å². The van der Waals surface area contributed by atoms with Crippen molar-refractivity contribution in [3.05, 3.63) is 64.7 Å². The van der Waals surface area contributed by atoms with Crippen molar-refractivity contribution in [3.63, 3.8) is 0 Å². The SMILES string of the molecule is Cc1ccccc1CN(C)c1cc(C#N)ccc1[C@H](C)O. The predicted molar refractivity (Wildman–Crippen MR) is 85.1 cm³/mol. The lowest BCUT2D eigenvalue weighted by Gasteiger charge is -2.24. The van der Waals surface area contributed by atoms with Crippen LogP contribution in [0.3, 0.4) is 0 Å². The van der Waals surface area contributed by atoms with Crippen molar-refractivity contribution in [3.8, 4) is 6.07 Å². The summed E-state index contributed by atoms with van der Waals surface area (Å²) < 4.78 is 0. The fourth-order valence-electron chi connectivity index (χ4n) is 2.43. The molecule has 0 amide bonds. The van der Waals surface area contributed by atoms with E-state index in [1.54, 1.807) is 13.0 Å². The fraction of sp³-hybridized carbons (Fsp3) is 0.278. The zero-order valence-corrected chi connectivity index (χ0v) is 12.7. The summed E-state index contributed by atoms with van der Waals surface area (Å²) in [6.07, 6.45) is -0.563. The minimum Gasteiger partial charge on any atom is -0.389 e. The van der Waals surface area contributed by atoms with E-state index >= 15 is 0 Å². The van der Waals surface area contributed by atoms with E-state index in [1.165, 1.54) is 11.1 Å². The molecule has 0 aromatic heterocycles. The number of nitrogens with zero attached hydrogens (tertiary/aromatic N) is 2. The number of rotatable bonds is 4. The molecule has 0 aliphatic carbocycles. The van der Waals surface area contributed by atoms with E-state index in [-0.39, 0.29) is 0 Å². The largest absolute Gasteiger partial charge is 0.389 e. The van der Waals surface area contributed by atoms with Crippen molar-refractivity contribution in [2.75, 3.05) is 11.9 Å². The Kier molecular flexibility index (Phi) is 4.62. The van der Waals surface area contributed by atoms with E-state index in [0.29, 0.717) is 5.56 Å². The summed E-state index contributed by atoms with van der Waals surface area (Å²) >= 11 is 0. The van der Waals surface area contributed by atoms with Gasteiger partial charge < -0.3 is 10.0 Å². The molecule has 0 radical (unpaired) electrons. The van der Waals surface area contributed by atoms with Crippen LogP contribution in [-0.2, 0) is 6.54 Å². The third kappa shape index (κ3) is 3.42. The van der Waals surface area contributed by atoms with E-state index in [2.05, 4.69) is 30.0 Å². The van der Waals surface area contributed by atoms with Gasteiger partial charge in [0, 0.05) is 24.8 Å². The molecule has 3 nitrogen and oxygen atoms in total. The highest BCUT2D eigenvalue weighted by atomic mass is 16.3. The Morgan fingerprint density at radius 2 is 1.95 bits per heavy atom. The van der Waals surface area contributed by atoms with Crippen LogP contribution in [0.15, 0.2) is 42.5 Å². The van der Waals surface area contributed by atoms with Gasteiger partial charge in [0.05, 0.1) is 17.7 Å². The molecule has 2 aromatic rings. The Morgan fingerprint density at radius 3 is 2.57 bits per heavy atom. The minimum atomic E-state index is -0.563. The first-order valence-corrected chi connectivity index (χ1v) is 7.00. The molecular formula is C18H20N2O. The number of aryl methyl sites for hydroxylation is 1. The number of aliphatic hydroxyl groups is 1. The zero-order valence-electron chi connectivity index (χ0n) is 12.7. The molecule has 108 valence electrons. The molecule has 0 spiro atoms. The van der Waals surface area contributed by atoms with Gasteiger partial charge in [0.25, 0.3) is 0 Å². The van der Waals surface area contributed by atoms with Gasteiger partial charge in [0.2, 0.25) is 0 Å². The summed E-state index contributed by atoms with van der Waals surface area (Å²) in [5.41, 5.74) is 4.81. The molecule has 0 saturated heterocycles. The number of aliphatic hydroxyl groups excluding tert-OH is 1. The molecule has 0 aliphatic heterocycles. The van der Waals surface area contributed by atoms with E-state index in [1.807, 2.05) is 31.3 Å². The fourth-order valence-corrected chi connectivity index (χ4v) is 2.43. The van der Waals surface area contributed by atoms with E-state index in [0.717, 1.165) is 17.8 Å². The highest BCUT2D eigenvalue weighted by molar-refractivity contribution is 5.58. The molecule has 2 rings (SSSR count). The van der Waals surface area contributed by atoms with Gasteiger partial charge in [0.1, 0.15) is 0 Å². The normalized spacial score (nSPS) is 11.8. The first-order valence-electron chi connectivity index (χ1n) is 7.00. The topological polar surface area (TPSA) is 47.3 Å². The molecule has 3 heteroatoms. The summed E-state index contributed by atoms with van der Waals surface area (Å²) in [6, 6.07) is 15.8. The number of benzene rings is 2. The van der Waals surface area contributed by atoms with Gasteiger partial charge in [-0.15, -0.1) is 0 Å². The van der Waals surface area contributed by atoms with Crippen LogP contribution in [0.5, 0.6) is 0 Å². The van der Waals surface area contributed by atoms with Gasteiger partial charge >= 0.3 is 0 Å². The number of hydrogen-bond acceptors (Lipinski definition) is 3. The lowest BCUT2D eigenvalue weighted by Crippen LogP contribution is -2.19. The van der Waals surface area contributed by atoms with E-state index < -0.39 is 6.10 Å². The molecule has 0 heterocycles. The highest BCUT2D eigenvalue weighted by Crippen LogP contribution is 2.28. The number of nitriles is 1. The monoisotopic (exact) mass is 280 g/mol. The zero-order chi connectivity index (χ0) is 15.4. The Hall–Kier alpha value is -2.31. The second-order valence-electron chi connectivity index (χ2n) is 5.34. The average Bonchev–Trinajstić information content (AvgIpc) is 2.48. The minimum absolute atomic E-state index is 0.563. The Morgan fingerprint density at radius 1 is 1.24 bits per heavy atom. The molecule has 1 atom stereocenters. The Labute approximate surface area is 126 Å². The second kappa shape index (κ2) is 6.43. The first-order chi connectivity index (χ1) is 10.0. The van der Waals surface area contributed by atoms with Crippen molar-refractivity contribution in [1.29, 1.82) is 5.26 Å². The quantitative estimate of drug-likeness (QED) is 0.931. The van der Waals surface area contributed by atoms with Crippen molar-refractivity contribution in [2.45, 2.75) is 26.5 Å². The van der Waals surface area contributed by atoms with Crippen LogP contribution in [0, 0.1) is 18.3 Å². The van der Waals surface area contributed by atoms with Gasteiger partial charge in [-0.3, -0.25) is 0 Å². The van der Waals surface area contributed by atoms with Crippen LogP contribution in [0.4, 0.5) is 5.69 Å². The Bertz CT molecular complexity index is 671. The number of hydrogen-bond donors (Lipinski definition) is 1. The van der Waals surface area contributed by atoms with Crippen LogP contribution in [-0.4, -0.2) is 12.2 Å². The van der Waals surface area contributed by atoms with Gasteiger partial charge in [-0.25, -0.2) is 0 Å². The van der Waals surface area contributed by atoms with E-state index in [4.69, 9.17) is 5.26 Å². The standard InChI is InChI=1S/C18H20N2O/c1-13-6-4-5-7-16(13)12-20(3)18-10-15(11-19)8-9-17(18)14(2)21/h4-10,14,21H,12H2,1-3H3/t14-/m0/s1. The molecular weight excluding hydrogens is 260 g/mol. The predicted octanol–water partition coefficient (Wildman–Crippen LogP) is 3.56. The third-order valence-electron chi connectivity index (χ3n) is 3.69. The summed E-state index contributed by atoms with van der Waals surface area (Å²) in [7, 11) is 1.98. The van der Waals surface area contributed by atoms with Crippen LogP contribution in [0.2, 0.25) is 0 Å². The summed E-state index contributed by atoms with van der Waals surface area (Å²) in [5.74, 6) is 0. The van der Waals surface area contributed by atoms with Crippen molar-refractivity contribution >= 4 is 5.69 Å². The average molecular weight is 280 g/mol. The molecule has 0 bridgehead atoms. The smallest absolute Gasteiger partial charge is 0.0992 e. The highest BCUT2D eigenvalue weighted by Gasteiger charge is 2.13. The molecule has 0 saturated carbocycles. The van der Waals surface area contributed by atoms with Gasteiger partial charge in [-0.05, 0) is 37.1 Å². The van der Waals surface area contributed by atoms with Crippen LogP contribution in [0.1, 0.15) is 35.3 Å². The molecule has 0 unspecified atom stereocenters. The van der Waals surface area contributed by atoms with Gasteiger partial charge in [0.15, 0.2) is 0 Å². The maximum Gasteiger partial charge on any atom is 0.0992 e. The van der Waals surface area contributed by atoms with Crippen molar-refractivity contribution in [1.82, 2.24) is 0 Å². The molecule has 21 heavy (non-hydrogen) atoms. The Balaban J connectivity index is 2.36. The summed E-state index contributed by atoms with van der Waals surface area (Å²) in [5, 5.41) is 19.0. The third-order valence-corrected chi connectivity index (χ3v) is 3.69. The van der Waals surface area contributed by atoms with Crippen LogP contribution >= 0.6 is 0 Å². The molecule has 2 aromatic carbocycles. The number of anilines is 1. The first kappa shape index (κ1) is 15.1. The lowest BCUT2D eigenvalue weighted by atomic mass is 10.0. The van der Waals surface area contributed by atoms with Crippen LogP contribution in [0.25, 0.3) is 0 Å². The maximum absolute atomic E-state index is 9.93. The van der Waals surface area contributed by atoms with Crippen LogP contribution < -0.4 is 4.90 Å². The van der Waals surface area contributed by atoms with Crippen molar-refractivity contribution < 1.29 is 5.11 Å².